The third kappa shape index (κ3) is 6.51. The molecule has 3 heteroatoms. The SMILES string of the molecule is c1ccc(-c2ccc(-c3ccc4c(c3)c(-c3ccc(-c5ccccc5)cc3)cn4-c3cc(-c4cccc5c4sc4ccccc45)cc(-c4cccc5c4sc4ccccc45)c3)cc2)cc1. The minimum absolute atomic E-state index is 1.13. The van der Waals surface area contributed by atoms with Crippen LogP contribution in [0.4, 0.5) is 0 Å². The molecule has 0 aliphatic carbocycles. The Morgan fingerprint density at radius 1 is 0.262 bits per heavy atom. The summed E-state index contributed by atoms with van der Waals surface area (Å²) in [4.78, 5) is 0. The van der Waals surface area contributed by atoms with E-state index >= 15 is 0 Å². The lowest BCUT2D eigenvalue weighted by atomic mass is 9.96. The van der Waals surface area contributed by atoms with Crippen LogP contribution in [0.3, 0.4) is 0 Å². The van der Waals surface area contributed by atoms with Crippen molar-refractivity contribution in [1.82, 2.24) is 4.57 Å². The van der Waals surface area contributed by atoms with E-state index in [9.17, 15) is 0 Å². The number of rotatable bonds is 7. The number of fused-ring (bicyclic) bond motifs is 7. The zero-order chi connectivity index (χ0) is 42.8. The van der Waals surface area contributed by atoms with Crippen LogP contribution < -0.4 is 0 Å². The topological polar surface area (TPSA) is 4.93 Å². The van der Waals surface area contributed by atoms with Crippen LogP contribution in [-0.4, -0.2) is 4.57 Å². The van der Waals surface area contributed by atoms with E-state index in [1.165, 1.54) is 118 Å². The Balaban J connectivity index is 1.03. The summed E-state index contributed by atoms with van der Waals surface area (Å²) < 4.78 is 7.69. The zero-order valence-corrected chi connectivity index (χ0v) is 36.9. The van der Waals surface area contributed by atoms with Gasteiger partial charge in [0.1, 0.15) is 0 Å². The van der Waals surface area contributed by atoms with Gasteiger partial charge in [0.25, 0.3) is 0 Å². The molecule has 1 nitrogen and oxygen atoms in total. The number of aromatic nitrogens is 1. The molecule has 10 aromatic carbocycles. The van der Waals surface area contributed by atoms with Crippen LogP contribution in [-0.2, 0) is 0 Å². The number of benzene rings is 10. The van der Waals surface area contributed by atoms with Gasteiger partial charge in [-0.3, -0.25) is 0 Å². The van der Waals surface area contributed by atoms with Crippen LogP contribution in [0.25, 0.3) is 124 Å². The lowest BCUT2D eigenvalue weighted by Gasteiger charge is -2.14. The van der Waals surface area contributed by atoms with Crippen molar-refractivity contribution in [1.29, 1.82) is 0 Å². The Morgan fingerprint density at radius 2 is 0.692 bits per heavy atom. The largest absolute Gasteiger partial charge is 0.316 e. The third-order valence-electron chi connectivity index (χ3n) is 13.1. The number of hydrogen-bond donors (Lipinski definition) is 0. The normalized spacial score (nSPS) is 11.7. The highest BCUT2D eigenvalue weighted by molar-refractivity contribution is 7.26. The molecule has 0 aliphatic rings. The van der Waals surface area contributed by atoms with E-state index in [1.54, 1.807) is 0 Å². The van der Waals surface area contributed by atoms with E-state index in [0.717, 1.165) is 5.69 Å². The maximum absolute atomic E-state index is 2.43. The van der Waals surface area contributed by atoms with Gasteiger partial charge in [0.2, 0.25) is 0 Å². The van der Waals surface area contributed by atoms with Gasteiger partial charge in [-0.1, -0.05) is 188 Å². The van der Waals surface area contributed by atoms with Gasteiger partial charge in [-0.25, -0.2) is 0 Å². The second-order valence-electron chi connectivity index (χ2n) is 16.9. The quantitative estimate of drug-likeness (QED) is 0.150. The molecule has 13 rings (SSSR count). The van der Waals surface area contributed by atoms with Crippen LogP contribution in [0.2, 0.25) is 0 Å². The standard InChI is InChI=1S/C62H39NS2/c1-3-13-40(14-4-1)42-25-27-44(28-26-42)46-33-34-58-56(38-46)57(45-31-29-43(30-32-45)41-15-5-2-6-16-41)39-63(58)49-36-47(50-19-11-21-54-52-17-7-9-23-59(52)64-61(50)54)35-48(37-49)51-20-12-22-55-53-18-8-10-24-60(53)65-62(51)55/h1-39H. The van der Waals surface area contributed by atoms with E-state index in [4.69, 9.17) is 0 Å². The maximum atomic E-state index is 2.43. The second-order valence-corrected chi connectivity index (χ2v) is 19.0. The Hall–Kier alpha value is -7.82. The van der Waals surface area contributed by atoms with Gasteiger partial charge in [0.15, 0.2) is 0 Å². The highest BCUT2D eigenvalue weighted by Crippen LogP contribution is 2.45. The summed E-state index contributed by atoms with van der Waals surface area (Å²) in [6, 6.07) is 84.9. The molecule has 0 amide bonds. The first-order chi connectivity index (χ1) is 32.2. The molecule has 0 atom stereocenters. The van der Waals surface area contributed by atoms with Crippen molar-refractivity contribution in [3.05, 3.63) is 237 Å². The summed E-state index contributed by atoms with van der Waals surface area (Å²) >= 11 is 3.78. The molecule has 304 valence electrons. The molecule has 0 N–H and O–H groups in total. The predicted molar refractivity (Wildman–Crippen MR) is 282 cm³/mol. The van der Waals surface area contributed by atoms with Gasteiger partial charge in [0, 0.05) is 63.2 Å². The molecule has 0 unspecified atom stereocenters. The van der Waals surface area contributed by atoms with Crippen molar-refractivity contribution in [3.8, 4) is 72.4 Å². The average Bonchev–Trinajstić information content (AvgIpc) is 4.09. The van der Waals surface area contributed by atoms with E-state index in [1.807, 2.05) is 22.7 Å². The van der Waals surface area contributed by atoms with Gasteiger partial charge < -0.3 is 4.57 Å². The van der Waals surface area contributed by atoms with Crippen LogP contribution in [0.15, 0.2) is 237 Å². The summed E-state index contributed by atoms with van der Waals surface area (Å²) in [5.74, 6) is 0. The summed E-state index contributed by atoms with van der Waals surface area (Å²) in [6.45, 7) is 0. The lowest BCUT2D eigenvalue weighted by molar-refractivity contribution is 1.13. The molecule has 3 heterocycles. The molecule has 0 saturated carbocycles. The monoisotopic (exact) mass is 861 g/mol. The summed E-state index contributed by atoms with van der Waals surface area (Å²) in [6.07, 6.45) is 2.37. The third-order valence-corrected chi connectivity index (χ3v) is 15.5. The Bertz CT molecular complexity index is 3780. The van der Waals surface area contributed by atoms with E-state index in [-0.39, 0.29) is 0 Å². The van der Waals surface area contributed by atoms with Crippen molar-refractivity contribution in [2.24, 2.45) is 0 Å². The fourth-order valence-electron chi connectivity index (χ4n) is 9.82. The summed E-state index contributed by atoms with van der Waals surface area (Å²) in [5.41, 5.74) is 16.9. The second kappa shape index (κ2) is 15.5. The Morgan fingerprint density at radius 3 is 1.23 bits per heavy atom. The molecular formula is C62H39NS2. The smallest absolute Gasteiger partial charge is 0.0535 e. The van der Waals surface area contributed by atoms with E-state index in [2.05, 4.69) is 241 Å². The van der Waals surface area contributed by atoms with Crippen LogP contribution in [0, 0.1) is 0 Å². The molecule has 0 saturated heterocycles. The number of thiophene rings is 2. The van der Waals surface area contributed by atoms with Gasteiger partial charge in [-0.15, -0.1) is 22.7 Å². The maximum Gasteiger partial charge on any atom is 0.0535 e. The lowest BCUT2D eigenvalue weighted by Crippen LogP contribution is -1.95. The minimum atomic E-state index is 1.13. The molecule has 13 aromatic rings. The fourth-order valence-corrected chi connectivity index (χ4v) is 12.3. The highest BCUT2D eigenvalue weighted by Gasteiger charge is 2.19. The number of nitrogens with zero attached hydrogens (tertiary/aromatic N) is 1. The van der Waals surface area contributed by atoms with Gasteiger partial charge in [-0.2, -0.15) is 0 Å². The zero-order valence-electron chi connectivity index (χ0n) is 35.3. The molecule has 3 aromatic heterocycles. The van der Waals surface area contributed by atoms with E-state index in [0.29, 0.717) is 0 Å². The van der Waals surface area contributed by atoms with E-state index < -0.39 is 0 Å². The van der Waals surface area contributed by atoms with Crippen molar-refractivity contribution in [2.45, 2.75) is 0 Å². The van der Waals surface area contributed by atoms with Crippen molar-refractivity contribution < 1.29 is 0 Å². The molecule has 0 fully saturated rings. The molecule has 0 aliphatic heterocycles. The van der Waals surface area contributed by atoms with Crippen LogP contribution in [0.5, 0.6) is 0 Å². The first kappa shape index (κ1) is 37.7. The summed E-state index contributed by atoms with van der Waals surface area (Å²) in [5, 5.41) is 6.45. The number of hydrogen-bond acceptors (Lipinski definition) is 2. The first-order valence-electron chi connectivity index (χ1n) is 22.1. The van der Waals surface area contributed by atoms with Gasteiger partial charge >= 0.3 is 0 Å². The average molecular weight is 862 g/mol. The minimum Gasteiger partial charge on any atom is -0.316 e. The van der Waals surface area contributed by atoms with Gasteiger partial charge in [0.05, 0.1) is 5.52 Å². The Kier molecular flexibility index (Phi) is 8.97. The van der Waals surface area contributed by atoms with Crippen molar-refractivity contribution in [3.63, 3.8) is 0 Å². The molecule has 0 radical (unpaired) electrons. The highest BCUT2D eigenvalue weighted by atomic mass is 32.1. The van der Waals surface area contributed by atoms with Gasteiger partial charge in [-0.05, 0) is 104 Å². The molecule has 0 spiro atoms. The van der Waals surface area contributed by atoms with Crippen molar-refractivity contribution >= 4 is 73.9 Å². The van der Waals surface area contributed by atoms with Crippen LogP contribution >= 0.6 is 22.7 Å². The molecular weight excluding hydrogens is 823 g/mol. The first-order valence-corrected chi connectivity index (χ1v) is 23.8. The van der Waals surface area contributed by atoms with Crippen LogP contribution in [0.1, 0.15) is 0 Å². The summed E-state index contributed by atoms with van der Waals surface area (Å²) in [7, 11) is 0. The molecule has 0 bridgehead atoms. The molecule has 65 heavy (non-hydrogen) atoms. The fraction of sp³-hybridized carbons (Fsp3) is 0. The Labute approximate surface area is 385 Å². The van der Waals surface area contributed by atoms with Crippen molar-refractivity contribution in [2.75, 3.05) is 0 Å². The predicted octanol–water partition coefficient (Wildman–Crippen LogP) is 18.4.